The Morgan fingerprint density at radius 3 is 2.50 bits per heavy atom. The first-order valence-corrected chi connectivity index (χ1v) is 5.75. The number of likely N-dealkylation sites (tertiary alicyclic amines) is 1. The van der Waals surface area contributed by atoms with Gasteiger partial charge in [0.15, 0.2) is 0 Å². The number of nitrogens with two attached hydrogens (primary N) is 1. The van der Waals surface area contributed by atoms with Gasteiger partial charge in [-0.2, -0.15) is 0 Å². The zero-order valence-electron chi connectivity index (χ0n) is 10.4. The molecule has 1 aliphatic heterocycles. The normalized spacial score (nSPS) is 20.5. The van der Waals surface area contributed by atoms with Crippen molar-refractivity contribution < 1.29 is 14.1 Å². The maximum absolute atomic E-state index is 12.1. The minimum Gasteiger partial charge on any atom is -0.308 e. The second kappa shape index (κ2) is 4.93. The van der Waals surface area contributed by atoms with Gasteiger partial charge in [0.05, 0.1) is 21.1 Å². The second-order valence-electron chi connectivity index (χ2n) is 5.26. The molecule has 0 aromatic rings. The highest BCUT2D eigenvalue weighted by atomic mass is 16.2. The summed E-state index contributed by atoms with van der Waals surface area (Å²) >= 11 is 0. The van der Waals surface area contributed by atoms with Gasteiger partial charge in [0.25, 0.3) is 0 Å². The van der Waals surface area contributed by atoms with Crippen LogP contribution in [0.5, 0.6) is 0 Å². The average Bonchev–Trinajstić information content (AvgIpc) is 2.39. The fourth-order valence-corrected chi connectivity index (χ4v) is 1.71. The topological polar surface area (TPSA) is 63.4 Å². The average molecular weight is 228 g/mol. The predicted molar refractivity (Wildman–Crippen MR) is 61.2 cm³/mol. The fourth-order valence-electron chi connectivity index (χ4n) is 1.71. The summed E-state index contributed by atoms with van der Waals surface area (Å²) in [7, 11) is 5.56. The minimum atomic E-state index is -0.665. The molecule has 1 rings (SSSR count). The lowest BCUT2D eigenvalue weighted by Crippen LogP contribution is -2.60. The molecule has 1 fully saturated rings. The molecule has 2 N–H and O–H groups in total. The molecule has 0 spiro atoms. The molecule has 1 heterocycles. The van der Waals surface area contributed by atoms with E-state index in [-0.39, 0.29) is 11.8 Å². The van der Waals surface area contributed by atoms with Crippen LogP contribution in [-0.2, 0) is 9.59 Å². The van der Waals surface area contributed by atoms with E-state index in [1.54, 1.807) is 0 Å². The molecule has 0 radical (unpaired) electrons. The number of nitrogens with zero attached hydrogens (tertiary/aromatic N) is 2. The third-order valence-electron chi connectivity index (χ3n) is 2.93. The van der Waals surface area contributed by atoms with Crippen LogP contribution in [0.4, 0.5) is 0 Å². The summed E-state index contributed by atoms with van der Waals surface area (Å²) in [4.78, 5) is 25.1. The van der Waals surface area contributed by atoms with Crippen LogP contribution < -0.4 is 5.73 Å². The van der Waals surface area contributed by atoms with Gasteiger partial charge in [-0.05, 0) is 12.8 Å². The fraction of sp³-hybridized carbons (Fsp3) is 0.818. The Morgan fingerprint density at radius 1 is 1.31 bits per heavy atom. The van der Waals surface area contributed by atoms with Gasteiger partial charge in [0, 0.05) is 13.0 Å². The van der Waals surface area contributed by atoms with Crippen molar-refractivity contribution in [2.24, 2.45) is 5.73 Å². The number of hydrogen-bond donors (Lipinski definition) is 1. The lowest BCUT2D eigenvalue weighted by atomic mass is 10.2. The van der Waals surface area contributed by atoms with Gasteiger partial charge in [-0.25, -0.2) is 0 Å². The molecule has 1 atom stereocenters. The van der Waals surface area contributed by atoms with Crippen LogP contribution in [-0.4, -0.2) is 55.1 Å². The second-order valence-corrected chi connectivity index (χ2v) is 5.26. The van der Waals surface area contributed by atoms with Crippen molar-refractivity contribution in [2.45, 2.75) is 31.8 Å². The zero-order valence-corrected chi connectivity index (χ0v) is 10.4. The Labute approximate surface area is 96.8 Å². The highest BCUT2D eigenvalue weighted by Crippen LogP contribution is 2.13. The third-order valence-corrected chi connectivity index (χ3v) is 2.93. The van der Waals surface area contributed by atoms with E-state index in [4.69, 9.17) is 5.73 Å². The molecule has 0 bridgehead atoms. The first kappa shape index (κ1) is 13.1. The highest BCUT2D eigenvalue weighted by Gasteiger charge is 2.34. The van der Waals surface area contributed by atoms with E-state index >= 15 is 0 Å². The molecular weight excluding hydrogens is 206 g/mol. The molecule has 0 aromatic carbocycles. The highest BCUT2D eigenvalue weighted by molar-refractivity contribution is 5.97. The summed E-state index contributed by atoms with van der Waals surface area (Å²) in [6, 6.07) is 0. The number of carbonyl (C=O) groups excluding carboxylic acids is 2. The van der Waals surface area contributed by atoms with Crippen LogP contribution in [0.3, 0.4) is 0 Å². The SMILES string of the molecule is C[N+](C)(C)C(N)C(=O)N1CCCCCC1=O. The van der Waals surface area contributed by atoms with Gasteiger partial charge in [0.2, 0.25) is 12.1 Å². The number of rotatable bonds is 2. The molecule has 16 heavy (non-hydrogen) atoms. The Balaban J connectivity index is 2.75. The van der Waals surface area contributed by atoms with Crippen LogP contribution in [0.2, 0.25) is 0 Å². The van der Waals surface area contributed by atoms with Crippen LogP contribution in [0.15, 0.2) is 0 Å². The molecule has 0 aromatic heterocycles. The van der Waals surface area contributed by atoms with Crippen molar-refractivity contribution in [3.05, 3.63) is 0 Å². The van der Waals surface area contributed by atoms with E-state index in [0.717, 1.165) is 19.3 Å². The number of hydrogen-bond acceptors (Lipinski definition) is 3. The Bertz CT molecular complexity index is 283. The largest absolute Gasteiger partial charge is 0.308 e. The lowest BCUT2D eigenvalue weighted by molar-refractivity contribution is -0.886. The van der Waals surface area contributed by atoms with Gasteiger partial charge < -0.3 is 4.48 Å². The maximum atomic E-state index is 12.1. The van der Waals surface area contributed by atoms with Crippen molar-refractivity contribution in [1.82, 2.24) is 4.90 Å². The van der Waals surface area contributed by atoms with E-state index in [2.05, 4.69) is 0 Å². The molecule has 2 amide bonds. The van der Waals surface area contributed by atoms with Gasteiger partial charge in [-0.1, -0.05) is 6.42 Å². The van der Waals surface area contributed by atoms with Crippen LogP contribution >= 0.6 is 0 Å². The molecule has 1 aliphatic rings. The van der Waals surface area contributed by atoms with Gasteiger partial charge in [0.1, 0.15) is 0 Å². The molecule has 1 unspecified atom stereocenters. The molecular formula is C11H22N3O2+. The van der Waals surface area contributed by atoms with Crippen LogP contribution in [0.25, 0.3) is 0 Å². The first-order chi connectivity index (χ1) is 7.34. The number of quaternary nitrogens is 1. The molecule has 0 aliphatic carbocycles. The van der Waals surface area contributed by atoms with Crippen molar-refractivity contribution >= 4 is 11.8 Å². The van der Waals surface area contributed by atoms with Crippen molar-refractivity contribution in [3.63, 3.8) is 0 Å². The van der Waals surface area contributed by atoms with Gasteiger partial charge >= 0.3 is 5.91 Å². The lowest BCUT2D eigenvalue weighted by Gasteiger charge is -2.32. The van der Waals surface area contributed by atoms with E-state index in [0.29, 0.717) is 17.4 Å². The minimum absolute atomic E-state index is 0.0774. The smallest absolute Gasteiger partial charge is 0.303 e. The number of imide groups is 1. The first-order valence-electron chi connectivity index (χ1n) is 5.75. The Kier molecular flexibility index (Phi) is 4.04. The van der Waals surface area contributed by atoms with Crippen LogP contribution in [0, 0.1) is 0 Å². The quantitative estimate of drug-likeness (QED) is 0.530. The monoisotopic (exact) mass is 228 g/mol. The molecule has 5 nitrogen and oxygen atoms in total. The van der Waals surface area contributed by atoms with E-state index in [1.165, 1.54) is 4.90 Å². The van der Waals surface area contributed by atoms with Gasteiger partial charge in [-0.3, -0.25) is 20.2 Å². The summed E-state index contributed by atoms with van der Waals surface area (Å²) < 4.78 is 0.336. The van der Waals surface area contributed by atoms with Crippen LogP contribution in [0.1, 0.15) is 25.7 Å². The van der Waals surface area contributed by atoms with Crippen molar-refractivity contribution in [1.29, 1.82) is 0 Å². The summed E-state index contributed by atoms with van der Waals surface area (Å²) in [5.41, 5.74) is 5.87. The molecule has 1 saturated heterocycles. The predicted octanol–water partition coefficient (Wildman–Crippen LogP) is -0.0934. The van der Waals surface area contributed by atoms with E-state index in [1.807, 2.05) is 21.1 Å². The van der Waals surface area contributed by atoms with Crippen molar-refractivity contribution in [3.8, 4) is 0 Å². The summed E-state index contributed by atoms with van der Waals surface area (Å²) in [5.74, 6) is -0.328. The maximum Gasteiger partial charge on any atom is 0.303 e. The number of likely N-dealkylation sites (N-methyl/N-ethyl adjacent to an activating group) is 1. The standard InChI is InChI=1S/C11H22N3O2/c1-14(2,3)10(12)11(16)13-8-6-4-5-7-9(13)15/h10H,4-8,12H2,1-3H3/q+1. The third kappa shape index (κ3) is 3.02. The van der Waals surface area contributed by atoms with E-state index < -0.39 is 6.17 Å². The van der Waals surface area contributed by atoms with Gasteiger partial charge in [-0.15, -0.1) is 0 Å². The zero-order chi connectivity index (χ0) is 12.3. The molecule has 5 heteroatoms. The summed E-state index contributed by atoms with van der Waals surface area (Å²) in [5, 5.41) is 0. The number of carbonyl (C=O) groups is 2. The number of amides is 2. The molecule has 0 saturated carbocycles. The molecule has 92 valence electrons. The summed E-state index contributed by atoms with van der Waals surface area (Å²) in [6.45, 7) is 0.519. The van der Waals surface area contributed by atoms with E-state index in [9.17, 15) is 9.59 Å². The Morgan fingerprint density at radius 2 is 1.94 bits per heavy atom. The summed E-state index contributed by atoms with van der Waals surface area (Å²) in [6.07, 6.45) is 2.58. The van der Waals surface area contributed by atoms with Crippen molar-refractivity contribution in [2.75, 3.05) is 27.7 Å². The Hall–Kier alpha value is -0.940.